The number of hydrogen-bond acceptors (Lipinski definition) is 5. The Morgan fingerprint density at radius 2 is 1.60 bits per heavy atom. The Morgan fingerprint density at radius 1 is 0.967 bits per heavy atom. The molecule has 3 rings (SSSR count). The van der Waals surface area contributed by atoms with Crippen LogP contribution in [-0.2, 0) is 9.59 Å². The Balaban J connectivity index is 1.58. The van der Waals surface area contributed by atoms with E-state index in [0.29, 0.717) is 35.1 Å². The number of rotatable bonds is 6. The van der Waals surface area contributed by atoms with Gasteiger partial charge >= 0.3 is 6.03 Å². The Bertz CT molecular complexity index is 945. The minimum absolute atomic E-state index is 0.0906. The van der Waals surface area contributed by atoms with Gasteiger partial charge in [0.25, 0.3) is 0 Å². The minimum atomic E-state index is -0.408. The van der Waals surface area contributed by atoms with Gasteiger partial charge in [-0.25, -0.2) is 4.79 Å². The summed E-state index contributed by atoms with van der Waals surface area (Å²) in [5, 5.41) is 8.20. The third kappa shape index (κ3) is 4.99. The Labute approximate surface area is 174 Å². The highest BCUT2D eigenvalue weighted by Gasteiger charge is 2.32. The van der Waals surface area contributed by atoms with Gasteiger partial charge in [-0.15, -0.1) is 0 Å². The van der Waals surface area contributed by atoms with Crippen molar-refractivity contribution >= 4 is 34.9 Å². The fourth-order valence-electron chi connectivity index (χ4n) is 3.24. The van der Waals surface area contributed by atoms with Crippen molar-refractivity contribution in [2.24, 2.45) is 0 Å². The lowest BCUT2D eigenvalue weighted by molar-refractivity contribution is -0.117. The second kappa shape index (κ2) is 9.17. The van der Waals surface area contributed by atoms with Crippen molar-refractivity contribution in [3.8, 4) is 11.5 Å². The number of amides is 4. The number of carbonyl (C=O) groups is 3. The van der Waals surface area contributed by atoms with E-state index in [1.165, 1.54) is 14.0 Å². The predicted octanol–water partition coefficient (Wildman–Crippen LogP) is 2.59. The van der Waals surface area contributed by atoms with Crippen molar-refractivity contribution < 1.29 is 23.9 Å². The molecule has 1 saturated heterocycles. The second-order valence-corrected chi connectivity index (χ2v) is 6.80. The first kappa shape index (κ1) is 21.0. The van der Waals surface area contributed by atoms with Gasteiger partial charge in [0.2, 0.25) is 11.8 Å². The van der Waals surface area contributed by atoms with Gasteiger partial charge in [0, 0.05) is 43.0 Å². The highest BCUT2D eigenvalue weighted by atomic mass is 16.5. The van der Waals surface area contributed by atoms with Crippen LogP contribution >= 0.6 is 0 Å². The summed E-state index contributed by atoms with van der Waals surface area (Å²) >= 11 is 0. The summed E-state index contributed by atoms with van der Waals surface area (Å²) in [5.41, 5.74) is 1.89. The van der Waals surface area contributed by atoms with Gasteiger partial charge in [-0.05, 0) is 36.4 Å². The van der Waals surface area contributed by atoms with Gasteiger partial charge in [0.1, 0.15) is 0 Å². The molecule has 1 aliphatic rings. The number of hydrogen-bond donors (Lipinski definition) is 3. The van der Waals surface area contributed by atoms with Gasteiger partial charge < -0.3 is 30.3 Å². The summed E-state index contributed by atoms with van der Waals surface area (Å²) < 4.78 is 10.5. The number of methoxy groups -OCH3 is 2. The molecule has 158 valence electrons. The average molecular weight is 412 g/mol. The van der Waals surface area contributed by atoms with E-state index in [1.54, 1.807) is 54.5 Å². The fourth-order valence-corrected chi connectivity index (χ4v) is 3.24. The average Bonchev–Trinajstić information content (AvgIpc) is 3.08. The summed E-state index contributed by atoms with van der Waals surface area (Å²) in [5.74, 6) is 0.844. The highest BCUT2D eigenvalue weighted by molar-refractivity contribution is 5.98. The van der Waals surface area contributed by atoms with E-state index in [2.05, 4.69) is 16.0 Å². The molecule has 3 N–H and O–H groups in total. The largest absolute Gasteiger partial charge is 0.493 e. The predicted molar refractivity (Wildman–Crippen MR) is 113 cm³/mol. The van der Waals surface area contributed by atoms with E-state index in [0.717, 1.165) is 0 Å². The number of ether oxygens (including phenoxy) is 2. The zero-order chi connectivity index (χ0) is 21.7. The fraction of sp³-hybridized carbons (Fsp3) is 0.286. The Morgan fingerprint density at radius 3 is 2.20 bits per heavy atom. The number of urea groups is 1. The molecule has 0 unspecified atom stereocenters. The molecular formula is C21H24N4O5. The highest BCUT2D eigenvalue weighted by Crippen LogP contribution is 2.33. The van der Waals surface area contributed by atoms with Crippen LogP contribution in [0, 0.1) is 0 Å². The summed E-state index contributed by atoms with van der Waals surface area (Å²) in [4.78, 5) is 37.4. The molecule has 2 aromatic carbocycles. The SMILES string of the molecule is COc1ccc(N2C[C@H](NC(=O)Nc3ccc(NC(C)=O)cc3)CC2=O)cc1OC. The molecule has 0 spiro atoms. The van der Waals surface area contributed by atoms with Crippen LogP contribution in [0.5, 0.6) is 11.5 Å². The molecule has 0 saturated carbocycles. The van der Waals surface area contributed by atoms with Crippen molar-refractivity contribution in [2.45, 2.75) is 19.4 Å². The van der Waals surface area contributed by atoms with E-state index >= 15 is 0 Å². The van der Waals surface area contributed by atoms with Gasteiger partial charge in [0.15, 0.2) is 11.5 Å². The molecule has 30 heavy (non-hydrogen) atoms. The first-order valence-electron chi connectivity index (χ1n) is 9.37. The van der Waals surface area contributed by atoms with Crippen LogP contribution in [0.4, 0.5) is 21.9 Å². The molecule has 2 aromatic rings. The lowest BCUT2D eigenvalue weighted by Gasteiger charge is -2.19. The molecule has 9 nitrogen and oxygen atoms in total. The van der Waals surface area contributed by atoms with Crippen LogP contribution in [0.3, 0.4) is 0 Å². The quantitative estimate of drug-likeness (QED) is 0.676. The number of benzene rings is 2. The first-order valence-corrected chi connectivity index (χ1v) is 9.37. The lowest BCUT2D eigenvalue weighted by atomic mass is 10.2. The summed E-state index contributed by atoms with van der Waals surface area (Å²) in [7, 11) is 3.08. The summed E-state index contributed by atoms with van der Waals surface area (Å²) in [6.45, 7) is 1.77. The third-order valence-electron chi connectivity index (χ3n) is 4.60. The topological polar surface area (TPSA) is 109 Å². The molecule has 1 heterocycles. The molecule has 4 amide bonds. The summed E-state index contributed by atoms with van der Waals surface area (Å²) in [6.07, 6.45) is 0.198. The van der Waals surface area contributed by atoms with Crippen LogP contribution in [-0.4, -0.2) is 44.7 Å². The standard InChI is InChI=1S/C21H24N4O5/c1-13(26)22-14-4-6-15(7-5-14)23-21(28)24-16-10-20(27)25(12-16)17-8-9-18(29-2)19(11-17)30-3/h4-9,11,16H,10,12H2,1-3H3,(H,22,26)(H2,23,24,28)/t16-/m1/s1. The normalized spacial score (nSPS) is 15.5. The van der Waals surface area contributed by atoms with Crippen molar-refractivity contribution in [2.75, 3.05) is 36.3 Å². The maximum Gasteiger partial charge on any atom is 0.319 e. The first-order chi connectivity index (χ1) is 14.4. The van der Waals surface area contributed by atoms with E-state index in [4.69, 9.17) is 9.47 Å². The monoisotopic (exact) mass is 412 g/mol. The van der Waals surface area contributed by atoms with E-state index in [9.17, 15) is 14.4 Å². The van der Waals surface area contributed by atoms with Gasteiger partial charge in [0.05, 0.1) is 20.3 Å². The van der Waals surface area contributed by atoms with Gasteiger partial charge in [-0.2, -0.15) is 0 Å². The molecule has 9 heteroatoms. The molecular weight excluding hydrogens is 388 g/mol. The van der Waals surface area contributed by atoms with Crippen LogP contribution in [0.1, 0.15) is 13.3 Å². The molecule has 0 radical (unpaired) electrons. The molecule has 0 bridgehead atoms. The van der Waals surface area contributed by atoms with E-state index in [1.807, 2.05) is 0 Å². The summed E-state index contributed by atoms with van der Waals surface area (Å²) in [6, 6.07) is 11.2. The number of nitrogens with one attached hydrogen (secondary N) is 3. The van der Waals surface area contributed by atoms with Crippen molar-refractivity contribution in [1.29, 1.82) is 0 Å². The third-order valence-corrected chi connectivity index (χ3v) is 4.60. The van der Waals surface area contributed by atoms with E-state index in [-0.39, 0.29) is 24.3 Å². The van der Waals surface area contributed by atoms with Crippen molar-refractivity contribution in [3.05, 3.63) is 42.5 Å². The molecule has 1 atom stereocenters. The van der Waals surface area contributed by atoms with Crippen molar-refractivity contribution in [1.82, 2.24) is 5.32 Å². The number of anilines is 3. The lowest BCUT2D eigenvalue weighted by Crippen LogP contribution is -2.39. The van der Waals surface area contributed by atoms with Crippen LogP contribution in [0.2, 0.25) is 0 Å². The zero-order valence-corrected chi connectivity index (χ0v) is 17.0. The van der Waals surface area contributed by atoms with Crippen LogP contribution < -0.4 is 30.3 Å². The van der Waals surface area contributed by atoms with Gasteiger partial charge in [-0.1, -0.05) is 0 Å². The molecule has 0 aliphatic carbocycles. The zero-order valence-electron chi connectivity index (χ0n) is 17.0. The van der Waals surface area contributed by atoms with Crippen LogP contribution in [0.25, 0.3) is 0 Å². The Hall–Kier alpha value is -3.75. The molecule has 1 fully saturated rings. The number of carbonyl (C=O) groups excluding carboxylic acids is 3. The van der Waals surface area contributed by atoms with Gasteiger partial charge in [-0.3, -0.25) is 9.59 Å². The van der Waals surface area contributed by atoms with E-state index < -0.39 is 6.03 Å². The molecule has 0 aromatic heterocycles. The minimum Gasteiger partial charge on any atom is -0.493 e. The van der Waals surface area contributed by atoms with Crippen molar-refractivity contribution in [3.63, 3.8) is 0 Å². The second-order valence-electron chi connectivity index (χ2n) is 6.80. The maximum absolute atomic E-state index is 12.5. The maximum atomic E-state index is 12.5. The van der Waals surface area contributed by atoms with Crippen LogP contribution in [0.15, 0.2) is 42.5 Å². The smallest absolute Gasteiger partial charge is 0.319 e. The molecule has 1 aliphatic heterocycles. The Kier molecular flexibility index (Phi) is 6.41. The number of nitrogens with zero attached hydrogens (tertiary/aromatic N) is 1.